The Morgan fingerprint density at radius 1 is 0.250 bits per heavy atom. The molecule has 10 aromatic rings. The average Bonchev–Trinajstić information content (AvgIpc) is 3.63. The van der Waals surface area contributed by atoms with Crippen LogP contribution >= 0.6 is 0 Å². The van der Waals surface area contributed by atoms with Gasteiger partial charge in [-0.3, -0.25) is 0 Å². The number of benzene rings is 10. The SMILES string of the molecule is c1ccc(N(c2ccc(-c3cccc(-c4cccc(-c5ccc6ccccc6c5)c4)c3)cc2)c2ccc3c(c2)C(c2ccccc2)(c2ccccc2)c2ccccc2-3)cc1. The minimum absolute atomic E-state index is 0.476. The van der Waals surface area contributed by atoms with E-state index < -0.39 is 5.41 Å². The first-order valence-corrected chi connectivity index (χ1v) is 20.7. The molecule has 0 spiro atoms. The van der Waals surface area contributed by atoms with E-state index in [-0.39, 0.29) is 0 Å². The third-order valence-corrected chi connectivity index (χ3v) is 12.3. The second-order valence-electron chi connectivity index (χ2n) is 15.7. The predicted molar refractivity (Wildman–Crippen MR) is 252 cm³/mol. The highest BCUT2D eigenvalue weighted by Crippen LogP contribution is 2.57. The molecule has 10 aromatic carbocycles. The molecule has 0 unspecified atom stereocenters. The zero-order valence-corrected chi connectivity index (χ0v) is 33.1. The summed E-state index contributed by atoms with van der Waals surface area (Å²) in [5.74, 6) is 0. The lowest BCUT2D eigenvalue weighted by Gasteiger charge is -2.35. The van der Waals surface area contributed by atoms with Gasteiger partial charge in [0.05, 0.1) is 5.41 Å². The molecule has 282 valence electrons. The lowest BCUT2D eigenvalue weighted by atomic mass is 9.67. The van der Waals surface area contributed by atoms with Gasteiger partial charge in [0.25, 0.3) is 0 Å². The molecule has 1 heteroatoms. The van der Waals surface area contributed by atoms with E-state index in [1.54, 1.807) is 0 Å². The number of anilines is 3. The van der Waals surface area contributed by atoms with Gasteiger partial charge >= 0.3 is 0 Å². The van der Waals surface area contributed by atoms with Crippen molar-refractivity contribution in [1.29, 1.82) is 0 Å². The average molecular weight is 764 g/mol. The van der Waals surface area contributed by atoms with Gasteiger partial charge in [0.15, 0.2) is 0 Å². The summed E-state index contributed by atoms with van der Waals surface area (Å²) in [7, 11) is 0. The molecule has 11 rings (SSSR count). The monoisotopic (exact) mass is 763 g/mol. The molecule has 1 nitrogen and oxygen atoms in total. The molecule has 0 saturated carbocycles. The van der Waals surface area contributed by atoms with Crippen molar-refractivity contribution in [3.63, 3.8) is 0 Å². The Bertz CT molecular complexity index is 3090. The van der Waals surface area contributed by atoms with Crippen molar-refractivity contribution in [3.05, 3.63) is 271 Å². The lowest BCUT2D eigenvalue weighted by molar-refractivity contribution is 0.768. The molecule has 0 aromatic heterocycles. The third kappa shape index (κ3) is 6.03. The maximum Gasteiger partial charge on any atom is 0.0714 e. The fourth-order valence-electron chi connectivity index (χ4n) is 9.52. The minimum atomic E-state index is -0.476. The highest BCUT2D eigenvalue weighted by atomic mass is 15.1. The molecule has 1 aliphatic carbocycles. The van der Waals surface area contributed by atoms with Crippen LogP contribution in [-0.4, -0.2) is 0 Å². The van der Waals surface area contributed by atoms with Gasteiger partial charge in [-0.25, -0.2) is 0 Å². The highest BCUT2D eigenvalue weighted by Gasteiger charge is 2.46. The zero-order valence-electron chi connectivity index (χ0n) is 33.1. The Balaban J connectivity index is 0.983. The summed E-state index contributed by atoms with van der Waals surface area (Å²) in [6.07, 6.45) is 0. The molecule has 0 amide bonds. The summed E-state index contributed by atoms with van der Waals surface area (Å²) in [5, 5.41) is 2.51. The summed E-state index contributed by atoms with van der Waals surface area (Å²) in [6.45, 7) is 0. The molecule has 0 heterocycles. The number of fused-ring (bicyclic) bond motifs is 4. The maximum atomic E-state index is 2.44. The Hall–Kier alpha value is -7.74. The largest absolute Gasteiger partial charge is 0.310 e. The van der Waals surface area contributed by atoms with Gasteiger partial charge in [-0.05, 0) is 132 Å². The third-order valence-electron chi connectivity index (χ3n) is 12.3. The van der Waals surface area contributed by atoms with Crippen LogP contribution in [0.5, 0.6) is 0 Å². The first-order chi connectivity index (χ1) is 29.7. The number of hydrogen-bond acceptors (Lipinski definition) is 1. The molecule has 60 heavy (non-hydrogen) atoms. The van der Waals surface area contributed by atoms with Gasteiger partial charge in [-0.15, -0.1) is 0 Å². The van der Waals surface area contributed by atoms with Gasteiger partial charge in [0.1, 0.15) is 0 Å². The van der Waals surface area contributed by atoms with Gasteiger partial charge in [0, 0.05) is 17.1 Å². The van der Waals surface area contributed by atoms with Gasteiger partial charge < -0.3 is 4.90 Å². The van der Waals surface area contributed by atoms with Gasteiger partial charge in [-0.2, -0.15) is 0 Å². The summed E-state index contributed by atoms with van der Waals surface area (Å²) < 4.78 is 0. The number of rotatable bonds is 8. The lowest BCUT2D eigenvalue weighted by Crippen LogP contribution is -2.28. The number of hydrogen-bond donors (Lipinski definition) is 0. The van der Waals surface area contributed by atoms with Crippen LogP contribution in [0.3, 0.4) is 0 Å². The van der Waals surface area contributed by atoms with Crippen LogP contribution < -0.4 is 4.90 Å². The van der Waals surface area contributed by atoms with Crippen LogP contribution in [-0.2, 0) is 5.41 Å². The van der Waals surface area contributed by atoms with Crippen LogP contribution in [0.15, 0.2) is 249 Å². The molecule has 1 aliphatic rings. The van der Waals surface area contributed by atoms with Crippen molar-refractivity contribution in [2.45, 2.75) is 5.41 Å². The molecule has 0 bridgehead atoms. The Labute approximate surface area is 352 Å². The van der Waals surface area contributed by atoms with Crippen molar-refractivity contribution < 1.29 is 0 Å². The normalized spacial score (nSPS) is 12.5. The second-order valence-corrected chi connectivity index (χ2v) is 15.7. The van der Waals surface area contributed by atoms with E-state index in [4.69, 9.17) is 0 Å². The molecule has 0 N–H and O–H groups in total. The highest BCUT2D eigenvalue weighted by molar-refractivity contribution is 5.91. The van der Waals surface area contributed by atoms with Gasteiger partial charge in [-0.1, -0.05) is 194 Å². The summed E-state index contributed by atoms with van der Waals surface area (Å²) in [6, 6.07) is 90.9. The van der Waals surface area contributed by atoms with Crippen LogP contribution in [0.2, 0.25) is 0 Å². The summed E-state index contributed by atoms with van der Waals surface area (Å²) in [4.78, 5) is 2.39. The Morgan fingerprint density at radius 3 is 1.37 bits per heavy atom. The standard InChI is InChI=1S/C59H41N/c1-4-22-50(23-5-1)59(51-24-6-2-7-25-51)57-29-13-12-28-55(57)56-37-36-54(41-58(56)59)60(52-26-8-3-9-27-52)53-34-32-43(33-35-53)45-18-14-19-46(38-45)47-20-15-21-48(40-47)49-31-30-42-16-10-11-17-44(42)39-49/h1-41H. The van der Waals surface area contributed by atoms with E-state index in [0.29, 0.717) is 0 Å². The quantitative estimate of drug-likeness (QED) is 0.149. The molecule has 0 atom stereocenters. The van der Waals surface area contributed by atoms with Gasteiger partial charge in [0.2, 0.25) is 0 Å². The summed E-state index contributed by atoms with van der Waals surface area (Å²) >= 11 is 0. The van der Waals surface area contributed by atoms with Crippen molar-refractivity contribution in [2.75, 3.05) is 4.90 Å². The van der Waals surface area contributed by atoms with E-state index >= 15 is 0 Å². The smallest absolute Gasteiger partial charge is 0.0714 e. The number of nitrogens with zero attached hydrogens (tertiary/aromatic N) is 1. The van der Waals surface area contributed by atoms with E-state index in [9.17, 15) is 0 Å². The van der Waals surface area contributed by atoms with Crippen LogP contribution in [0.1, 0.15) is 22.3 Å². The van der Waals surface area contributed by atoms with E-state index in [0.717, 1.165) is 17.1 Å². The van der Waals surface area contributed by atoms with Crippen LogP contribution in [0, 0.1) is 0 Å². The fraction of sp³-hybridized carbons (Fsp3) is 0.0169. The molecular weight excluding hydrogens is 723 g/mol. The van der Waals surface area contributed by atoms with Crippen molar-refractivity contribution >= 4 is 27.8 Å². The summed E-state index contributed by atoms with van der Waals surface area (Å²) in [5.41, 5.74) is 17.7. The Morgan fingerprint density at radius 2 is 0.717 bits per heavy atom. The van der Waals surface area contributed by atoms with E-state index in [1.165, 1.54) is 77.5 Å². The second kappa shape index (κ2) is 14.9. The van der Waals surface area contributed by atoms with Crippen molar-refractivity contribution in [2.24, 2.45) is 0 Å². The molecule has 0 saturated heterocycles. The fourth-order valence-corrected chi connectivity index (χ4v) is 9.52. The number of para-hydroxylation sites is 1. The van der Waals surface area contributed by atoms with E-state index in [1.807, 2.05) is 0 Å². The van der Waals surface area contributed by atoms with Crippen molar-refractivity contribution in [3.8, 4) is 44.5 Å². The van der Waals surface area contributed by atoms with Crippen LogP contribution in [0.25, 0.3) is 55.3 Å². The van der Waals surface area contributed by atoms with Crippen LogP contribution in [0.4, 0.5) is 17.1 Å². The zero-order chi connectivity index (χ0) is 39.9. The molecule has 0 radical (unpaired) electrons. The molecule has 0 fully saturated rings. The minimum Gasteiger partial charge on any atom is -0.310 e. The predicted octanol–water partition coefficient (Wildman–Crippen LogP) is 15.7. The van der Waals surface area contributed by atoms with E-state index in [2.05, 4.69) is 254 Å². The van der Waals surface area contributed by atoms with Crippen molar-refractivity contribution in [1.82, 2.24) is 0 Å². The molecular formula is C59H41N. The molecule has 0 aliphatic heterocycles. The topological polar surface area (TPSA) is 3.24 Å². The maximum absolute atomic E-state index is 2.44. The first-order valence-electron chi connectivity index (χ1n) is 20.7. The Kier molecular flexibility index (Phi) is 8.79. The first kappa shape index (κ1) is 35.4.